The summed E-state index contributed by atoms with van der Waals surface area (Å²) >= 11 is 0. The first-order chi connectivity index (χ1) is 22.0. The second-order valence-corrected chi connectivity index (χ2v) is 15.7. The predicted octanol–water partition coefficient (Wildman–Crippen LogP) is 4.00. The van der Waals surface area contributed by atoms with Gasteiger partial charge in [0.1, 0.15) is 12.1 Å². The van der Waals surface area contributed by atoms with Gasteiger partial charge in [-0.2, -0.15) is 0 Å². The molecule has 1 aliphatic heterocycles. The van der Waals surface area contributed by atoms with Gasteiger partial charge in [-0.1, -0.05) is 73.1 Å². The third kappa shape index (κ3) is 9.92. The largest absolute Gasteiger partial charge is 0.383 e. The molecule has 5 N–H and O–H groups in total. The SMILES string of the molecule is COCC(NC(=O)N[C@H](C(=O)N1CC(C=C=C(C)C)[C@H](C)C1C(=O)NC(CC1CCC1)C(=O)C(N)=O)C1(C)CCCCC1)C(C)(C)C. The number of amides is 5. The van der Waals surface area contributed by atoms with Crippen LogP contribution < -0.4 is 21.7 Å². The number of carbonyl (C=O) groups excluding carboxylic acids is 5. The molecule has 1 saturated heterocycles. The van der Waals surface area contributed by atoms with Crippen molar-refractivity contribution >= 4 is 29.5 Å². The van der Waals surface area contributed by atoms with Crippen LogP contribution in [0.25, 0.3) is 0 Å². The van der Waals surface area contributed by atoms with Gasteiger partial charge in [0.2, 0.25) is 17.6 Å². The fourth-order valence-electron chi connectivity index (χ4n) is 7.19. The topological polar surface area (TPSA) is 160 Å². The molecule has 4 unspecified atom stereocenters. The molecule has 2 aliphatic carbocycles. The molecule has 1 heterocycles. The van der Waals surface area contributed by atoms with Crippen LogP contribution in [0.5, 0.6) is 0 Å². The van der Waals surface area contributed by atoms with E-state index in [9.17, 15) is 24.0 Å². The summed E-state index contributed by atoms with van der Waals surface area (Å²) in [6.07, 6.45) is 9.56. The summed E-state index contributed by atoms with van der Waals surface area (Å²) in [6.45, 7) is 14.4. The molecule has 0 aromatic carbocycles. The Morgan fingerprint density at radius 3 is 2.17 bits per heavy atom. The average molecular weight is 658 g/mol. The Kier molecular flexibility index (Phi) is 13.3. The Bertz CT molecular complexity index is 1220. The first kappa shape index (κ1) is 38.3. The number of primary amides is 1. The monoisotopic (exact) mass is 657 g/mol. The summed E-state index contributed by atoms with van der Waals surface area (Å²) in [5.41, 5.74) is 8.77. The number of ether oxygens (including phenoxy) is 1. The lowest BCUT2D eigenvalue weighted by Gasteiger charge is -2.43. The van der Waals surface area contributed by atoms with E-state index < -0.39 is 47.2 Å². The molecular weight excluding hydrogens is 598 g/mol. The molecule has 3 aliphatic rings. The smallest absolute Gasteiger partial charge is 0.315 e. The third-order valence-corrected chi connectivity index (χ3v) is 10.6. The lowest BCUT2D eigenvalue weighted by Crippen LogP contribution is -2.63. The van der Waals surface area contributed by atoms with Crippen molar-refractivity contribution in [1.29, 1.82) is 0 Å². The van der Waals surface area contributed by atoms with Gasteiger partial charge in [-0.15, -0.1) is 5.73 Å². The number of urea groups is 1. The van der Waals surface area contributed by atoms with Crippen molar-refractivity contribution in [1.82, 2.24) is 20.9 Å². The quantitative estimate of drug-likeness (QED) is 0.173. The molecule has 5 amide bonds. The van der Waals surface area contributed by atoms with E-state index in [1.54, 1.807) is 12.0 Å². The second-order valence-electron chi connectivity index (χ2n) is 15.7. The van der Waals surface area contributed by atoms with Gasteiger partial charge in [0.05, 0.1) is 18.7 Å². The minimum absolute atomic E-state index is 0.192. The fraction of sp³-hybridized carbons (Fsp3) is 0.778. The van der Waals surface area contributed by atoms with Crippen molar-refractivity contribution < 1.29 is 28.7 Å². The molecule has 264 valence electrons. The summed E-state index contributed by atoms with van der Waals surface area (Å²) in [6, 6.07) is -3.64. The van der Waals surface area contributed by atoms with Crippen LogP contribution in [0, 0.1) is 28.6 Å². The molecule has 2 saturated carbocycles. The Morgan fingerprint density at radius 2 is 1.66 bits per heavy atom. The number of nitrogens with one attached hydrogen (secondary N) is 3. The zero-order chi connectivity index (χ0) is 35.1. The van der Waals surface area contributed by atoms with Crippen LogP contribution in [0.4, 0.5) is 4.79 Å². The number of nitrogens with two attached hydrogens (primary N) is 1. The lowest BCUT2D eigenvalue weighted by atomic mass is 9.70. The van der Waals surface area contributed by atoms with E-state index in [0.717, 1.165) is 56.9 Å². The highest BCUT2D eigenvalue weighted by molar-refractivity contribution is 6.37. The van der Waals surface area contributed by atoms with Gasteiger partial charge in [-0.3, -0.25) is 19.2 Å². The molecule has 0 bridgehead atoms. The number of carbonyl (C=O) groups is 5. The highest BCUT2D eigenvalue weighted by Gasteiger charge is 2.51. The van der Waals surface area contributed by atoms with Gasteiger partial charge in [0.15, 0.2) is 0 Å². The van der Waals surface area contributed by atoms with Crippen LogP contribution >= 0.6 is 0 Å². The summed E-state index contributed by atoms with van der Waals surface area (Å²) in [5.74, 6) is -3.03. The van der Waals surface area contributed by atoms with Gasteiger partial charge in [-0.25, -0.2) is 4.79 Å². The van der Waals surface area contributed by atoms with Crippen LogP contribution in [0.15, 0.2) is 17.4 Å². The normalized spacial score (nSPS) is 24.5. The van der Waals surface area contributed by atoms with Crippen LogP contribution in [0.3, 0.4) is 0 Å². The summed E-state index contributed by atoms with van der Waals surface area (Å²) < 4.78 is 5.38. The van der Waals surface area contributed by atoms with Crippen molar-refractivity contribution in [2.45, 2.75) is 130 Å². The Morgan fingerprint density at radius 1 is 1.02 bits per heavy atom. The van der Waals surface area contributed by atoms with Crippen LogP contribution in [-0.4, -0.2) is 78.9 Å². The van der Waals surface area contributed by atoms with Gasteiger partial charge in [-0.05, 0) is 67.4 Å². The van der Waals surface area contributed by atoms with Crippen molar-refractivity contribution in [3.8, 4) is 0 Å². The van der Waals surface area contributed by atoms with E-state index in [1.165, 1.54) is 0 Å². The molecule has 0 aromatic rings. The highest BCUT2D eigenvalue weighted by atomic mass is 16.5. The molecule has 6 atom stereocenters. The van der Waals surface area contributed by atoms with Crippen molar-refractivity contribution in [3.05, 3.63) is 17.4 Å². The van der Waals surface area contributed by atoms with Gasteiger partial charge in [0.25, 0.3) is 5.91 Å². The second kappa shape index (κ2) is 16.3. The van der Waals surface area contributed by atoms with Crippen LogP contribution in [-0.2, 0) is 23.9 Å². The molecule has 0 aromatic heterocycles. The van der Waals surface area contributed by atoms with Crippen molar-refractivity contribution in [2.24, 2.45) is 34.3 Å². The minimum atomic E-state index is -1.09. The van der Waals surface area contributed by atoms with Crippen LogP contribution in [0.1, 0.15) is 106 Å². The molecule has 3 rings (SSSR count). The Labute approximate surface area is 281 Å². The standard InChI is InChI=1S/C36H59N5O6/c1-22(2)15-16-25-20-41(28(23(25)3)32(44)38-26(29(42)31(37)43)19-24-13-12-14-24)33(45)30(36(7)17-10-9-11-18-36)40-34(46)39-27(21-47-8)35(4,5)6/h16,23-28,30H,9-14,17-21H2,1-8H3,(H2,37,43)(H,38,44)(H2,39,40,46)/t23-,25?,26?,27?,28?,30+/m0/s1. The molecule has 0 radical (unpaired) electrons. The zero-order valence-corrected chi connectivity index (χ0v) is 29.9. The minimum Gasteiger partial charge on any atom is -0.383 e. The number of ketones is 1. The van der Waals surface area contributed by atoms with E-state index in [-0.39, 0.29) is 41.7 Å². The average Bonchev–Trinajstić information content (AvgIpc) is 3.30. The molecule has 11 heteroatoms. The number of Topliss-reactive ketones (excluding diaryl/α,β-unsaturated/α-hetero) is 1. The maximum absolute atomic E-state index is 14.8. The third-order valence-electron chi connectivity index (χ3n) is 10.6. The number of methoxy groups -OCH3 is 1. The molecule has 11 nitrogen and oxygen atoms in total. The summed E-state index contributed by atoms with van der Waals surface area (Å²) in [5, 5.41) is 8.90. The van der Waals surface area contributed by atoms with E-state index in [4.69, 9.17) is 10.5 Å². The maximum atomic E-state index is 14.8. The first-order valence-corrected chi connectivity index (χ1v) is 17.4. The van der Waals surface area contributed by atoms with E-state index >= 15 is 0 Å². The zero-order valence-electron chi connectivity index (χ0n) is 29.9. The number of nitrogens with zero attached hydrogens (tertiary/aromatic N) is 1. The summed E-state index contributed by atoms with van der Waals surface area (Å²) in [4.78, 5) is 68.9. The Balaban J connectivity index is 1.98. The van der Waals surface area contributed by atoms with Gasteiger partial charge < -0.3 is 31.3 Å². The van der Waals surface area contributed by atoms with E-state index in [0.29, 0.717) is 13.0 Å². The number of hydrogen-bond donors (Lipinski definition) is 4. The fourth-order valence-corrected chi connectivity index (χ4v) is 7.19. The Hall–Kier alpha value is -3.17. The van der Waals surface area contributed by atoms with Gasteiger partial charge >= 0.3 is 6.03 Å². The van der Waals surface area contributed by atoms with Crippen molar-refractivity contribution in [3.63, 3.8) is 0 Å². The maximum Gasteiger partial charge on any atom is 0.315 e. The molecule has 47 heavy (non-hydrogen) atoms. The van der Waals surface area contributed by atoms with Gasteiger partial charge in [0, 0.05) is 19.6 Å². The van der Waals surface area contributed by atoms with E-state index in [1.807, 2.05) is 54.5 Å². The van der Waals surface area contributed by atoms with E-state index in [2.05, 4.69) is 21.7 Å². The molecule has 0 spiro atoms. The molecular formula is C36H59N5O6. The lowest BCUT2D eigenvalue weighted by molar-refractivity contribution is -0.145. The number of rotatable bonds is 13. The van der Waals surface area contributed by atoms with Crippen LogP contribution in [0.2, 0.25) is 0 Å². The number of likely N-dealkylation sites (tertiary alicyclic amines) is 1. The number of hydrogen-bond acceptors (Lipinski definition) is 6. The predicted molar refractivity (Wildman–Crippen MR) is 181 cm³/mol. The van der Waals surface area contributed by atoms with Crippen molar-refractivity contribution in [2.75, 3.05) is 20.3 Å². The molecule has 3 fully saturated rings. The highest BCUT2D eigenvalue weighted by Crippen LogP contribution is 2.41. The first-order valence-electron chi connectivity index (χ1n) is 17.4. The summed E-state index contributed by atoms with van der Waals surface area (Å²) in [7, 11) is 1.58.